The van der Waals surface area contributed by atoms with Gasteiger partial charge >= 0.3 is 0 Å². The molecule has 1 aromatic carbocycles. The molecule has 0 aliphatic carbocycles. The number of carbonyl (C=O) groups excluding carboxylic acids is 1. The van der Waals surface area contributed by atoms with Crippen LogP contribution in [0.5, 0.6) is 0 Å². The van der Waals surface area contributed by atoms with Gasteiger partial charge in [0.05, 0.1) is 0 Å². The van der Waals surface area contributed by atoms with Gasteiger partial charge in [-0.25, -0.2) is 21.9 Å². The van der Waals surface area contributed by atoms with Gasteiger partial charge in [0.15, 0.2) is 0 Å². The molecule has 0 spiro atoms. The van der Waals surface area contributed by atoms with Crippen LogP contribution < -0.4 is 4.72 Å². The highest BCUT2D eigenvalue weighted by Crippen LogP contribution is 2.21. The zero-order chi connectivity index (χ0) is 17.4. The smallest absolute Gasteiger partial charge is 0.243 e. The third-order valence-corrected chi connectivity index (χ3v) is 5.35. The molecule has 8 heteroatoms. The number of hydrogen-bond donors (Lipinski definition) is 1. The number of carbonyl (C=O) groups is 1. The zero-order valence-corrected chi connectivity index (χ0v) is 14.1. The normalized spacial score (nSPS) is 18.7. The average Bonchev–Trinajstić information content (AvgIpc) is 2.89. The number of aryl methyl sites for hydroxylation is 1. The maximum Gasteiger partial charge on any atom is 0.243 e. The van der Waals surface area contributed by atoms with E-state index in [1.54, 1.807) is 18.7 Å². The van der Waals surface area contributed by atoms with Crippen molar-refractivity contribution in [3.8, 4) is 0 Å². The Kier molecular flexibility index (Phi) is 5.05. The summed E-state index contributed by atoms with van der Waals surface area (Å²) in [7, 11) is -4.19. The highest BCUT2D eigenvalue weighted by atomic mass is 32.2. The Morgan fingerprint density at radius 1 is 1.30 bits per heavy atom. The van der Waals surface area contributed by atoms with E-state index in [1.165, 1.54) is 6.92 Å². The topological polar surface area (TPSA) is 66.5 Å². The van der Waals surface area contributed by atoms with Crippen LogP contribution in [0.15, 0.2) is 17.0 Å². The molecule has 1 fully saturated rings. The number of rotatable bonds is 4. The average molecular weight is 346 g/mol. The summed E-state index contributed by atoms with van der Waals surface area (Å²) < 4.78 is 54.3. The van der Waals surface area contributed by atoms with Gasteiger partial charge in [-0.15, -0.1) is 0 Å². The van der Waals surface area contributed by atoms with Crippen molar-refractivity contribution in [1.29, 1.82) is 0 Å². The number of amides is 1. The molecule has 1 heterocycles. The van der Waals surface area contributed by atoms with Crippen molar-refractivity contribution in [3.05, 3.63) is 29.3 Å². The Bertz CT molecular complexity index is 720. The molecule has 1 atom stereocenters. The minimum Gasteiger partial charge on any atom is -0.341 e. The largest absolute Gasteiger partial charge is 0.341 e. The van der Waals surface area contributed by atoms with Crippen LogP contribution in [0.3, 0.4) is 0 Å². The Balaban J connectivity index is 2.14. The quantitative estimate of drug-likeness (QED) is 0.904. The Labute approximate surface area is 134 Å². The van der Waals surface area contributed by atoms with Gasteiger partial charge in [-0.05, 0) is 31.0 Å². The Hall–Kier alpha value is -1.54. The molecule has 0 aromatic heterocycles. The van der Waals surface area contributed by atoms with E-state index in [-0.39, 0.29) is 23.9 Å². The van der Waals surface area contributed by atoms with Crippen molar-refractivity contribution >= 4 is 15.9 Å². The van der Waals surface area contributed by atoms with E-state index >= 15 is 0 Å². The van der Waals surface area contributed by atoms with Crippen LogP contribution in [-0.2, 0) is 14.8 Å². The third-order valence-electron chi connectivity index (χ3n) is 3.82. The molecule has 0 bridgehead atoms. The number of hydrogen-bond acceptors (Lipinski definition) is 3. The molecule has 5 nitrogen and oxygen atoms in total. The van der Waals surface area contributed by atoms with Gasteiger partial charge in [0.25, 0.3) is 0 Å². The fourth-order valence-electron chi connectivity index (χ4n) is 2.54. The fraction of sp³-hybridized carbons (Fsp3) is 0.533. The first-order chi connectivity index (χ1) is 10.6. The van der Waals surface area contributed by atoms with Gasteiger partial charge in [-0.2, -0.15) is 0 Å². The van der Waals surface area contributed by atoms with Crippen LogP contribution in [0.25, 0.3) is 0 Å². The third kappa shape index (κ3) is 3.87. The molecular formula is C15H20F2N2O3S. The second-order valence-electron chi connectivity index (χ2n) is 6.08. The molecule has 0 radical (unpaired) electrons. The second kappa shape index (κ2) is 6.52. The predicted octanol–water partition coefficient (Wildman–Crippen LogP) is 1.81. The van der Waals surface area contributed by atoms with E-state index in [1.807, 2.05) is 0 Å². The lowest BCUT2D eigenvalue weighted by Crippen LogP contribution is -2.39. The van der Waals surface area contributed by atoms with Crippen LogP contribution in [0, 0.1) is 24.5 Å². The van der Waals surface area contributed by atoms with Crippen LogP contribution >= 0.6 is 0 Å². The molecule has 1 amide bonds. The predicted molar refractivity (Wildman–Crippen MR) is 81.2 cm³/mol. The Morgan fingerprint density at radius 3 is 2.57 bits per heavy atom. The van der Waals surface area contributed by atoms with Crippen molar-refractivity contribution in [2.24, 2.45) is 5.92 Å². The lowest BCUT2D eigenvalue weighted by atomic mass is 10.2. The van der Waals surface area contributed by atoms with E-state index in [2.05, 4.69) is 4.72 Å². The first-order valence-electron chi connectivity index (χ1n) is 7.38. The molecule has 1 aromatic rings. The van der Waals surface area contributed by atoms with Crippen LogP contribution in [0.4, 0.5) is 8.78 Å². The molecule has 0 saturated carbocycles. The Morgan fingerprint density at radius 2 is 1.96 bits per heavy atom. The first kappa shape index (κ1) is 17.8. The molecule has 23 heavy (non-hydrogen) atoms. The summed E-state index contributed by atoms with van der Waals surface area (Å²) >= 11 is 0. The van der Waals surface area contributed by atoms with Crippen molar-refractivity contribution in [3.63, 3.8) is 0 Å². The summed E-state index contributed by atoms with van der Waals surface area (Å²) in [4.78, 5) is 12.8. The molecule has 1 aliphatic heterocycles. The first-order valence-corrected chi connectivity index (χ1v) is 8.87. The standard InChI is InChI=1S/C15H20F2N2O3S/c1-9(2)15(20)19-5-4-11(8-19)18-23(21,22)14-7-12(16)10(3)6-13(14)17/h6-7,9,11,18H,4-5,8H2,1-3H3. The molecule has 1 unspecified atom stereocenters. The molecule has 2 rings (SSSR count). The van der Waals surface area contributed by atoms with Crippen molar-refractivity contribution in [2.75, 3.05) is 13.1 Å². The van der Waals surface area contributed by atoms with Crippen LogP contribution in [0.1, 0.15) is 25.8 Å². The molecule has 1 saturated heterocycles. The number of likely N-dealkylation sites (tertiary alicyclic amines) is 1. The molecule has 1 N–H and O–H groups in total. The summed E-state index contributed by atoms with van der Waals surface area (Å²) in [5.41, 5.74) is 0.0380. The maximum absolute atomic E-state index is 13.9. The van der Waals surface area contributed by atoms with E-state index in [0.717, 1.165) is 6.07 Å². The summed E-state index contributed by atoms with van der Waals surface area (Å²) in [6.07, 6.45) is 0.438. The lowest BCUT2D eigenvalue weighted by Gasteiger charge is -2.19. The number of halogens is 2. The molecular weight excluding hydrogens is 326 g/mol. The minimum absolute atomic E-state index is 0.0380. The SMILES string of the molecule is Cc1cc(F)c(S(=O)(=O)NC2CCN(C(=O)C(C)C)C2)cc1F. The van der Waals surface area contributed by atoms with E-state index in [9.17, 15) is 22.0 Å². The van der Waals surface area contributed by atoms with Gasteiger partial charge in [-0.3, -0.25) is 4.79 Å². The van der Waals surface area contributed by atoms with Crippen molar-refractivity contribution in [2.45, 2.75) is 38.1 Å². The molecule has 128 valence electrons. The van der Waals surface area contributed by atoms with Gasteiger partial charge in [0, 0.05) is 25.0 Å². The highest BCUT2D eigenvalue weighted by molar-refractivity contribution is 7.89. The zero-order valence-electron chi connectivity index (χ0n) is 13.3. The van der Waals surface area contributed by atoms with Gasteiger partial charge in [0.2, 0.25) is 15.9 Å². The van der Waals surface area contributed by atoms with Crippen molar-refractivity contribution < 1.29 is 22.0 Å². The van der Waals surface area contributed by atoms with Gasteiger partial charge in [0.1, 0.15) is 16.5 Å². The lowest BCUT2D eigenvalue weighted by molar-refractivity contribution is -0.133. The number of benzene rings is 1. The van der Waals surface area contributed by atoms with Gasteiger partial charge in [-0.1, -0.05) is 13.8 Å². The number of sulfonamides is 1. The maximum atomic E-state index is 13.9. The highest BCUT2D eigenvalue weighted by Gasteiger charge is 2.31. The van der Waals surface area contributed by atoms with E-state index in [0.29, 0.717) is 19.0 Å². The van der Waals surface area contributed by atoms with Crippen molar-refractivity contribution in [1.82, 2.24) is 9.62 Å². The summed E-state index contributed by atoms with van der Waals surface area (Å²) in [5, 5.41) is 0. The fourth-order valence-corrected chi connectivity index (χ4v) is 3.87. The number of nitrogens with one attached hydrogen (secondary N) is 1. The van der Waals surface area contributed by atoms with Gasteiger partial charge < -0.3 is 4.90 Å². The van der Waals surface area contributed by atoms with E-state index < -0.39 is 32.6 Å². The second-order valence-corrected chi connectivity index (χ2v) is 7.76. The monoisotopic (exact) mass is 346 g/mol. The van der Waals surface area contributed by atoms with Crippen LogP contribution in [0.2, 0.25) is 0 Å². The number of nitrogens with zero attached hydrogens (tertiary/aromatic N) is 1. The summed E-state index contributed by atoms with van der Waals surface area (Å²) in [6.45, 7) is 5.56. The summed E-state index contributed by atoms with van der Waals surface area (Å²) in [6, 6.07) is 1.03. The minimum atomic E-state index is -4.19. The van der Waals surface area contributed by atoms with E-state index in [4.69, 9.17) is 0 Å². The van der Waals surface area contributed by atoms with Crippen LogP contribution in [-0.4, -0.2) is 38.4 Å². The summed E-state index contributed by atoms with van der Waals surface area (Å²) in [5.74, 6) is -2.01. The molecule has 1 aliphatic rings.